The highest BCUT2D eigenvalue weighted by atomic mass is 16.5. The van der Waals surface area contributed by atoms with E-state index < -0.39 is 6.10 Å². The number of rotatable bonds is 6. The lowest BCUT2D eigenvalue weighted by Gasteiger charge is -2.22. The molecule has 0 aromatic carbocycles. The maximum atomic E-state index is 9.94. The summed E-state index contributed by atoms with van der Waals surface area (Å²) >= 11 is 0. The summed E-state index contributed by atoms with van der Waals surface area (Å²) in [5.41, 5.74) is 0.844. The number of ether oxygens (including phenoxy) is 1. The van der Waals surface area contributed by atoms with Gasteiger partial charge in [0.05, 0.1) is 12.3 Å². The second kappa shape index (κ2) is 5.88. The standard InChI is InChI=1S/C11H20N2O2/c1-8(2)9(7-15-3)4-11(14)10-5-12-13-6-10/h5-6,8-9,11,14H,4,7H2,1-3H3,(H,12,13). The predicted molar refractivity (Wildman–Crippen MR) is 58.4 cm³/mol. The van der Waals surface area contributed by atoms with Crippen molar-refractivity contribution in [1.82, 2.24) is 10.2 Å². The fourth-order valence-electron chi connectivity index (χ4n) is 1.61. The molecular weight excluding hydrogens is 192 g/mol. The van der Waals surface area contributed by atoms with Crippen molar-refractivity contribution in [3.05, 3.63) is 18.0 Å². The van der Waals surface area contributed by atoms with E-state index in [1.807, 2.05) is 0 Å². The van der Waals surface area contributed by atoms with Crippen LogP contribution in [0.25, 0.3) is 0 Å². The Balaban J connectivity index is 2.50. The van der Waals surface area contributed by atoms with Gasteiger partial charge in [0.15, 0.2) is 0 Å². The summed E-state index contributed by atoms with van der Waals surface area (Å²) in [5.74, 6) is 0.881. The lowest BCUT2D eigenvalue weighted by atomic mass is 9.89. The molecule has 0 bridgehead atoms. The first-order valence-electron chi connectivity index (χ1n) is 5.30. The average molecular weight is 212 g/mol. The van der Waals surface area contributed by atoms with Gasteiger partial charge in [0.1, 0.15) is 0 Å². The fourth-order valence-corrected chi connectivity index (χ4v) is 1.61. The van der Waals surface area contributed by atoms with E-state index in [9.17, 15) is 5.11 Å². The summed E-state index contributed by atoms with van der Waals surface area (Å²) in [6, 6.07) is 0. The van der Waals surface area contributed by atoms with Crippen LogP contribution in [-0.4, -0.2) is 29.0 Å². The van der Waals surface area contributed by atoms with Crippen LogP contribution in [0, 0.1) is 11.8 Å². The molecule has 0 aliphatic heterocycles. The van der Waals surface area contributed by atoms with E-state index in [0.717, 1.165) is 5.56 Å². The number of methoxy groups -OCH3 is 1. The molecule has 15 heavy (non-hydrogen) atoms. The second-order valence-electron chi connectivity index (χ2n) is 4.24. The second-order valence-corrected chi connectivity index (χ2v) is 4.24. The maximum absolute atomic E-state index is 9.94. The van der Waals surface area contributed by atoms with Crippen LogP contribution in [0.1, 0.15) is 31.9 Å². The first-order chi connectivity index (χ1) is 7.15. The Labute approximate surface area is 90.7 Å². The molecule has 0 aliphatic carbocycles. The summed E-state index contributed by atoms with van der Waals surface area (Å²) < 4.78 is 5.15. The SMILES string of the molecule is COCC(CC(O)c1cn[nH]c1)C(C)C. The Bertz CT molecular complexity index is 260. The highest BCUT2D eigenvalue weighted by Gasteiger charge is 2.19. The van der Waals surface area contributed by atoms with Crippen molar-refractivity contribution in [1.29, 1.82) is 0 Å². The van der Waals surface area contributed by atoms with Crippen LogP contribution in [0.5, 0.6) is 0 Å². The van der Waals surface area contributed by atoms with Gasteiger partial charge in [0.2, 0.25) is 0 Å². The molecule has 1 rings (SSSR count). The van der Waals surface area contributed by atoms with Crippen LogP contribution in [0.2, 0.25) is 0 Å². The smallest absolute Gasteiger partial charge is 0.0824 e. The van der Waals surface area contributed by atoms with Crippen LogP contribution >= 0.6 is 0 Å². The fraction of sp³-hybridized carbons (Fsp3) is 0.727. The average Bonchev–Trinajstić information content (AvgIpc) is 2.69. The molecule has 0 aliphatic rings. The third-order valence-corrected chi connectivity index (χ3v) is 2.75. The Kier molecular flexibility index (Phi) is 4.78. The van der Waals surface area contributed by atoms with Crippen LogP contribution in [-0.2, 0) is 4.74 Å². The summed E-state index contributed by atoms with van der Waals surface area (Å²) in [6.07, 6.45) is 3.65. The van der Waals surface area contributed by atoms with Gasteiger partial charge in [-0.3, -0.25) is 5.10 Å². The molecule has 1 heterocycles. The van der Waals surface area contributed by atoms with Gasteiger partial charge in [0, 0.05) is 25.5 Å². The number of nitrogens with zero attached hydrogens (tertiary/aromatic N) is 1. The van der Waals surface area contributed by atoms with Crippen molar-refractivity contribution < 1.29 is 9.84 Å². The molecular formula is C11H20N2O2. The van der Waals surface area contributed by atoms with Gasteiger partial charge in [-0.05, 0) is 18.3 Å². The van der Waals surface area contributed by atoms with E-state index in [0.29, 0.717) is 24.9 Å². The summed E-state index contributed by atoms with van der Waals surface area (Å²) in [6.45, 7) is 4.98. The predicted octanol–water partition coefficient (Wildman–Crippen LogP) is 1.75. The van der Waals surface area contributed by atoms with Crippen molar-refractivity contribution in [2.45, 2.75) is 26.4 Å². The molecule has 0 fully saturated rings. The van der Waals surface area contributed by atoms with Gasteiger partial charge in [-0.15, -0.1) is 0 Å². The van der Waals surface area contributed by atoms with Gasteiger partial charge in [-0.2, -0.15) is 5.10 Å². The lowest BCUT2D eigenvalue weighted by molar-refractivity contribution is 0.0749. The minimum absolute atomic E-state index is 0.375. The first-order valence-corrected chi connectivity index (χ1v) is 5.30. The Morgan fingerprint density at radius 2 is 2.27 bits per heavy atom. The van der Waals surface area contributed by atoms with Crippen LogP contribution in [0.4, 0.5) is 0 Å². The number of nitrogens with one attached hydrogen (secondary N) is 1. The molecule has 0 amide bonds. The zero-order valence-electron chi connectivity index (χ0n) is 9.60. The molecule has 0 saturated heterocycles. The van der Waals surface area contributed by atoms with Gasteiger partial charge in [-0.1, -0.05) is 13.8 Å². The first kappa shape index (κ1) is 12.2. The zero-order valence-corrected chi connectivity index (χ0v) is 9.60. The minimum Gasteiger partial charge on any atom is -0.388 e. The largest absolute Gasteiger partial charge is 0.388 e. The minimum atomic E-state index is -0.453. The van der Waals surface area contributed by atoms with Gasteiger partial charge >= 0.3 is 0 Å². The molecule has 0 radical (unpaired) electrons. The number of aliphatic hydroxyl groups excluding tert-OH is 1. The van der Waals surface area contributed by atoms with Crippen LogP contribution in [0.15, 0.2) is 12.4 Å². The highest BCUT2D eigenvalue weighted by molar-refractivity contribution is 5.06. The van der Waals surface area contributed by atoms with E-state index >= 15 is 0 Å². The van der Waals surface area contributed by atoms with Gasteiger partial charge < -0.3 is 9.84 Å². The Morgan fingerprint density at radius 1 is 1.53 bits per heavy atom. The van der Waals surface area contributed by atoms with Crippen molar-refractivity contribution >= 4 is 0 Å². The number of H-pyrrole nitrogens is 1. The molecule has 2 atom stereocenters. The quantitative estimate of drug-likeness (QED) is 0.755. The number of aliphatic hydroxyl groups is 1. The summed E-state index contributed by atoms with van der Waals surface area (Å²) in [5, 5.41) is 16.5. The van der Waals surface area contributed by atoms with E-state index in [4.69, 9.17) is 4.74 Å². The molecule has 1 aromatic rings. The zero-order chi connectivity index (χ0) is 11.3. The molecule has 0 saturated carbocycles. The monoisotopic (exact) mass is 212 g/mol. The van der Waals surface area contributed by atoms with Gasteiger partial charge in [0.25, 0.3) is 0 Å². The van der Waals surface area contributed by atoms with Crippen LogP contribution < -0.4 is 0 Å². The number of aromatic nitrogens is 2. The van der Waals surface area contributed by atoms with Crippen molar-refractivity contribution in [3.63, 3.8) is 0 Å². The maximum Gasteiger partial charge on any atom is 0.0824 e. The summed E-state index contributed by atoms with van der Waals surface area (Å²) in [7, 11) is 1.69. The van der Waals surface area contributed by atoms with Crippen molar-refractivity contribution in [2.75, 3.05) is 13.7 Å². The van der Waals surface area contributed by atoms with E-state index in [2.05, 4.69) is 24.0 Å². The third-order valence-electron chi connectivity index (χ3n) is 2.75. The normalized spacial score (nSPS) is 15.5. The van der Waals surface area contributed by atoms with Crippen LogP contribution in [0.3, 0.4) is 0 Å². The van der Waals surface area contributed by atoms with Crippen molar-refractivity contribution in [2.24, 2.45) is 11.8 Å². The number of hydrogen-bond acceptors (Lipinski definition) is 3. The topological polar surface area (TPSA) is 58.1 Å². The molecule has 0 spiro atoms. The molecule has 2 N–H and O–H groups in total. The highest BCUT2D eigenvalue weighted by Crippen LogP contribution is 2.25. The lowest BCUT2D eigenvalue weighted by Crippen LogP contribution is -2.18. The van der Waals surface area contributed by atoms with Crippen molar-refractivity contribution in [3.8, 4) is 0 Å². The molecule has 4 heteroatoms. The molecule has 1 aromatic heterocycles. The Hall–Kier alpha value is -0.870. The molecule has 2 unspecified atom stereocenters. The Morgan fingerprint density at radius 3 is 2.73 bits per heavy atom. The molecule has 86 valence electrons. The van der Waals surface area contributed by atoms with E-state index in [1.165, 1.54) is 0 Å². The summed E-state index contributed by atoms with van der Waals surface area (Å²) in [4.78, 5) is 0. The number of aromatic amines is 1. The molecule has 4 nitrogen and oxygen atoms in total. The van der Waals surface area contributed by atoms with E-state index in [-0.39, 0.29) is 0 Å². The third kappa shape index (κ3) is 3.64. The van der Waals surface area contributed by atoms with Gasteiger partial charge in [-0.25, -0.2) is 0 Å². The number of hydrogen-bond donors (Lipinski definition) is 2. The van der Waals surface area contributed by atoms with E-state index in [1.54, 1.807) is 19.5 Å².